The second-order valence-electron chi connectivity index (χ2n) is 10.7. The van der Waals surface area contributed by atoms with Crippen LogP contribution in [0.4, 0.5) is 10.1 Å². The summed E-state index contributed by atoms with van der Waals surface area (Å²) in [5, 5.41) is 0. The molecule has 4 rings (SSSR count). The normalized spacial score (nSPS) is 18.7. The molecule has 8 heteroatoms. The Morgan fingerprint density at radius 2 is 1.57 bits per heavy atom. The molecule has 2 aromatic rings. The zero-order chi connectivity index (χ0) is 26.4. The van der Waals surface area contributed by atoms with Crippen LogP contribution in [0.3, 0.4) is 0 Å². The monoisotopic (exact) mass is 529 g/mol. The predicted octanol–water partition coefficient (Wildman–Crippen LogP) is 4.48. The van der Waals surface area contributed by atoms with E-state index in [-0.39, 0.29) is 17.6 Å². The Morgan fingerprint density at radius 3 is 2.16 bits per heavy atom. The van der Waals surface area contributed by atoms with Crippen LogP contribution >= 0.6 is 0 Å². The predicted molar refractivity (Wildman–Crippen MR) is 147 cm³/mol. The van der Waals surface area contributed by atoms with Crippen molar-refractivity contribution in [3.05, 3.63) is 65.5 Å². The molecular formula is C29H40FN3O3S. The van der Waals surface area contributed by atoms with Gasteiger partial charge in [-0.05, 0) is 101 Å². The number of anilines is 1. The molecule has 6 nitrogen and oxygen atoms in total. The molecule has 0 saturated carbocycles. The van der Waals surface area contributed by atoms with Crippen molar-refractivity contribution in [2.24, 2.45) is 11.8 Å². The first-order chi connectivity index (χ1) is 17.7. The molecular weight excluding hydrogens is 489 g/mol. The van der Waals surface area contributed by atoms with E-state index in [1.54, 1.807) is 12.1 Å². The van der Waals surface area contributed by atoms with Gasteiger partial charge in [-0.25, -0.2) is 17.1 Å². The Bertz CT molecular complexity index is 1120. The molecule has 0 bridgehead atoms. The number of piperidine rings is 2. The highest BCUT2D eigenvalue weighted by Crippen LogP contribution is 2.26. The average molecular weight is 530 g/mol. The quantitative estimate of drug-likeness (QED) is 0.481. The molecule has 37 heavy (non-hydrogen) atoms. The molecule has 2 heterocycles. The van der Waals surface area contributed by atoms with Crippen LogP contribution in [0, 0.1) is 24.6 Å². The minimum atomic E-state index is -3.21. The van der Waals surface area contributed by atoms with E-state index in [9.17, 15) is 17.6 Å². The summed E-state index contributed by atoms with van der Waals surface area (Å²) in [4.78, 5) is 18.0. The van der Waals surface area contributed by atoms with Gasteiger partial charge in [0.25, 0.3) is 0 Å². The Kier molecular flexibility index (Phi) is 9.37. The van der Waals surface area contributed by atoms with E-state index in [1.165, 1.54) is 16.1 Å². The molecule has 202 valence electrons. The summed E-state index contributed by atoms with van der Waals surface area (Å²) in [7, 11) is -3.21. The highest BCUT2D eigenvalue weighted by atomic mass is 32.2. The standard InChI is InChI=1S/C29H40FN3O3S/c1-23-4-10-28(11-5-23)33(29(34)26-14-20-32(21-15-26)37(2,35)36)17-3-16-31-18-12-25(13-19-31)22-24-6-8-27(30)9-7-24/h4-11,25-26H,3,12-22H2,1-2H3. The van der Waals surface area contributed by atoms with E-state index in [0.717, 1.165) is 56.6 Å². The van der Waals surface area contributed by atoms with Crippen molar-refractivity contribution in [3.8, 4) is 0 Å². The van der Waals surface area contributed by atoms with Crippen LogP contribution in [-0.2, 0) is 21.2 Å². The van der Waals surface area contributed by atoms with Gasteiger partial charge in [-0.3, -0.25) is 4.79 Å². The van der Waals surface area contributed by atoms with Crippen LogP contribution in [0.15, 0.2) is 48.5 Å². The molecule has 2 aliphatic heterocycles. The number of hydrogen-bond acceptors (Lipinski definition) is 4. The summed E-state index contributed by atoms with van der Waals surface area (Å²) in [6.45, 7) is 6.56. The molecule has 0 atom stereocenters. The van der Waals surface area contributed by atoms with Crippen LogP contribution < -0.4 is 4.90 Å². The van der Waals surface area contributed by atoms with Crippen LogP contribution in [-0.4, -0.2) is 69.1 Å². The van der Waals surface area contributed by atoms with Gasteiger partial charge in [0.15, 0.2) is 0 Å². The van der Waals surface area contributed by atoms with Gasteiger partial charge in [-0.1, -0.05) is 29.8 Å². The maximum absolute atomic E-state index is 13.6. The smallest absolute Gasteiger partial charge is 0.230 e. The number of sulfonamides is 1. The zero-order valence-corrected chi connectivity index (χ0v) is 22.9. The summed E-state index contributed by atoms with van der Waals surface area (Å²) in [5.41, 5.74) is 3.27. The van der Waals surface area contributed by atoms with Crippen molar-refractivity contribution in [3.63, 3.8) is 0 Å². The van der Waals surface area contributed by atoms with Crippen LogP contribution in [0.5, 0.6) is 0 Å². The van der Waals surface area contributed by atoms with Gasteiger partial charge in [0.1, 0.15) is 5.82 Å². The summed E-state index contributed by atoms with van der Waals surface area (Å²) >= 11 is 0. The number of halogens is 1. The molecule has 1 amide bonds. The van der Waals surface area contributed by atoms with E-state index >= 15 is 0 Å². The van der Waals surface area contributed by atoms with E-state index in [2.05, 4.69) is 4.90 Å². The summed E-state index contributed by atoms with van der Waals surface area (Å²) in [5.74, 6) is 0.401. The Balaban J connectivity index is 1.29. The second-order valence-corrected chi connectivity index (χ2v) is 12.7. The fourth-order valence-corrected chi connectivity index (χ4v) is 6.44. The number of amides is 1. The summed E-state index contributed by atoms with van der Waals surface area (Å²) in [6.07, 6.45) is 6.53. The van der Waals surface area contributed by atoms with Crippen LogP contribution in [0.1, 0.15) is 43.2 Å². The maximum Gasteiger partial charge on any atom is 0.230 e. The number of carbonyl (C=O) groups is 1. The fourth-order valence-electron chi connectivity index (χ4n) is 5.57. The van der Waals surface area contributed by atoms with E-state index < -0.39 is 10.0 Å². The number of rotatable bonds is 9. The Hall–Kier alpha value is -2.29. The van der Waals surface area contributed by atoms with Gasteiger partial charge in [0, 0.05) is 31.2 Å². The number of likely N-dealkylation sites (tertiary alicyclic amines) is 1. The van der Waals surface area contributed by atoms with Gasteiger partial charge in [0.2, 0.25) is 15.9 Å². The number of hydrogen-bond donors (Lipinski definition) is 0. The molecule has 0 unspecified atom stereocenters. The Labute approximate surface area is 221 Å². The van der Waals surface area contributed by atoms with Crippen LogP contribution in [0.2, 0.25) is 0 Å². The minimum absolute atomic E-state index is 0.106. The summed E-state index contributed by atoms with van der Waals surface area (Å²) in [6, 6.07) is 15.0. The fraction of sp³-hybridized carbons (Fsp3) is 0.552. The van der Waals surface area contributed by atoms with E-state index in [1.807, 2.05) is 48.2 Å². The Morgan fingerprint density at radius 1 is 0.946 bits per heavy atom. The van der Waals surface area contributed by atoms with Crippen molar-refractivity contribution >= 4 is 21.6 Å². The highest BCUT2D eigenvalue weighted by Gasteiger charge is 2.32. The van der Waals surface area contributed by atoms with Crippen molar-refractivity contribution in [2.75, 3.05) is 50.4 Å². The molecule has 2 aromatic carbocycles. The van der Waals surface area contributed by atoms with Gasteiger partial charge in [0.05, 0.1) is 6.26 Å². The summed E-state index contributed by atoms with van der Waals surface area (Å²) < 4.78 is 38.4. The lowest BCUT2D eigenvalue weighted by molar-refractivity contribution is -0.123. The largest absolute Gasteiger partial charge is 0.312 e. The van der Waals surface area contributed by atoms with Crippen molar-refractivity contribution in [1.29, 1.82) is 0 Å². The molecule has 2 aliphatic rings. The number of aryl methyl sites for hydroxylation is 1. The molecule has 0 spiro atoms. The van der Waals surface area contributed by atoms with E-state index in [0.29, 0.717) is 38.4 Å². The lowest BCUT2D eigenvalue weighted by Crippen LogP contribution is -2.45. The van der Waals surface area contributed by atoms with Gasteiger partial charge < -0.3 is 9.80 Å². The van der Waals surface area contributed by atoms with Gasteiger partial charge in [-0.15, -0.1) is 0 Å². The zero-order valence-electron chi connectivity index (χ0n) is 22.1. The first kappa shape index (κ1) is 27.7. The first-order valence-corrected chi connectivity index (χ1v) is 15.3. The third-order valence-corrected chi connectivity index (χ3v) is 9.19. The maximum atomic E-state index is 13.6. The first-order valence-electron chi connectivity index (χ1n) is 13.5. The van der Waals surface area contributed by atoms with Crippen molar-refractivity contribution in [2.45, 2.75) is 45.4 Å². The number of nitrogens with zero attached hydrogens (tertiary/aromatic N) is 3. The van der Waals surface area contributed by atoms with E-state index in [4.69, 9.17) is 0 Å². The molecule has 0 aliphatic carbocycles. The minimum Gasteiger partial charge on any atom is -0.312 e. The SMILES string of the molecule is Cc1ccc(N(CCCN2CCC(Cc3ccc(F)cc3)CC2)C(=O)C2CCN(S(C)(=O)=O)CC2)cc1. The third-order valence-electron chi connectivity index (χ3n) is 7.88. The van der Waals surface area contributed by atoms with Gasteiger partial charge in [-0.2, -0.15) is 0 Å². The molecule has 0 aromatic heterocycles. The van der Waals surface area contributed by atoms with Crippen molar-refractivity contribution in [1.82, 2.24) is 9.21 Å². The molecule has 2 saturated heterocycles. The number of benzene rings is 2. The molecule has 0 N–H and O–H groups in total. The third kappa shape index (κ3) is 7.85. The topological polar surface area (TPSA) is 60.9 Å². The lowest BCUT2D eigenvalue weighted by atomic mass is 9.90. The highest BCUT2D eigenvalue weighted by molar-refractivity contribution is 7.88. The van der Waals surface area contributed by atoms with Crippen LogP contribution in [0.25, 0.3) is 0 Å². The lowest BCUT2D eigenvalue weighted by Gasteiger charge is -2.34. The van der Waals surface area contributed by atoms with Crippen molar-refractivity contribution < 1.29 is 17.6 Å². The average Bonchev–Trinajstić information content (AvgIpc) is 2.89. The second kappa shape index (κ2) is 12.5. The number of carbonyl (C=O) groups excluding carboxylic acids is 1. The molecule has 0 radical (unpaired) electrons. The molecule has 2 fully saturated rings. The van der Waals surface area contributed by atoms with Gasteiger partial charge >= 0.3 is 0 Å².